The first-order valence-corrected chi connectivity index (χ1v) is 24.3. The van der Waals surface area contributed by atoms with Crippen LogP contribution in [0.3, 0.4) is 0 Å². The Morgan fingerprint density at radius 3 is 1.73 bits per heavy atom. The van der Waals surface area contributed by atoms with Gasteiger partial charge < -0.3 is 14.0 Å². The van der Waals surface area contributed by atoms with Gasteiger partial charge in [0.2, 0.25) is 0 Å². The zero-order valence-corrected chi connectivity index (χ0v) is 38.0. The highest BCUT2D eigenvalue weighted by atomic mass is 15.1. The Morgan fingerprint density at radius 2 is 0.929 bits per heavy atom. The highest BCUT2D eigenvalue weighted by Gasteiger charge is 2.54. The molecule has 0 fully saturated rings. The van der Waals surface area contributed by atoms with Gasteiger partial charge in [0.15, 0.2) is 0 Å². The lowest BCUT2D eigenvalue weighted by atomic mass is 9.69. The summed E-state index contributed by atoms with van der Waals surface area (Å²) >= 11 is 0. The molecule has 0 radical (unpaired) electrons. The van der Waals surface area contributed by atoms with Crippen LogP contribution in [0.25, 0.3) is 99.5 Å². The fourth-order valence-corrected chi connectivity index (χ4v) is 13.1. The molecule has 2 aliphatic heterocycles. The number of para-hydroxylation sites is 4. The molecule has 0 amide bonds. The maximum absolute atomic E-state index is 2.63. The molecule has 1 unspecified atom stereocenters. The Bertz CT molecular complexity index is 4300. The van der Waals surface area contributed by atoms with Gasteiger partial charge in [-0.05, 0) is 129 Å². The Balaban J connectivity index is 1.10. The summed E-state index contributed by atoms with van der Waals surface area (Å²) in [4.78, 5) is 2.39. The third-order valence-electron chi connectivity index (χ3n) is 15.8. The summed E-state index contributed by atoms with van der Waals surface area (Å²) in [6.45, 7) is 0. The fourth-order valence-electron chi connectivity index (χ4n) is 13.1. The van der Waals surface area contributed by atoms with Gasteiger partial charge in [-0.2, -0.15) is 0 Å². The number of nitrogens with zero attached hydrogens (tertiary/aromatic N) is 3. The molecule has 17 rings (SSSR count). The van der Waals surface area contributed by atoms with Crippen LogP contribution in [0, 0.1) is 0 Å². The van der Waals surface area contributed by atoms with Crippen LogP contribution >= 0.6 is 0 Å². The number of rotatable bonds is 5. The minimum atomic E-state index is -0.614. The lowest BCUT2D eigenvalue weighted by Gasteiger charge is -2.32. The van der Waals surface area contributed by atoms with Crippen LogP contribution in [0.5, 0.6) is 0 Å². The van der Waals surface area contributed by atoms with E-state index in [0.717, 1.165) is 22.7 Å². The standard InChI is InChI=1S/C67H41N3/c1-5-17-42(18-6-1)43-30-37-61-54(39-43)44-29-35-58-56(40-44)63-59(36-34-52-50-26-14-16-28-60(50)69(65(52)63)47-23-11-4-12-24-47)67(58)57-27-15-13-25-49(57)51-32-33-53-55-41-48(31-38-62(55)70(61)66(53)64(51)67)68(45-19-7-2-8-20-45)46-21-9-3-10-22-46/h1-41H. The van der Waals surface area contributed by atoms with Crippen molar-refractivity contribution in [2.24, 2.45) is 0 Å². The lowest BCUT2D eigenvalue weighted by molar-refractivity contribution is 0.797. The molecular weight excluding hydrogens is 847 g/mol. The van der Waals surface area contributed by atoms with Gasteiger partial charge in [-0.3, -0.25) is 0 Å². The van der Waals surface area contributed by atoms with Crippen molar-refractivity contribution in [3.8, 4) is 55.9 Å². The lowest BCUT2D eigenvalue weighted by Crippen LogP contribution is -2.27. The Kier molecular flexibility index (Phi) is 7.54. The van der Waals surface area contributed by atoms with E-state index in [1.807, 2.05) is 0 Å². The van der Waals surface area contributed by atoms with Gasteiger partial charge >= 0.3 is 0 Å². The highest BCUT2D eigenvalue weighted by molar-refractivity contribution is 6.20. The van der Waals surface area contributed by atoms with Crippen molar-refractivity contribution < 1.29 is 0 Å². The average molecular weight is 888 g/mol. The van der Waals surface area contributed by atoms with E-state index in [1.54, 1.807) is 0 Å². The molecule has 70 heavy (non-hydrogen) atoms. The van der Waals surface area contributed by atoms with Crippen molar-refractivity contribution in [1.29, 1.82) is 0 Å². The predicted molar refractivity (Wildman–Crippen MR) is 291 cm³/mol. The molecule has 0 saturated carbocycles. The predicted octanol–water partition coefficient (Wildman–Crippen LogP) is 17.3. The van der Waals surface area contributed by atoms with Crippen LogP contribution in [0.15, 0.2) is 249 Å². The molecule has 13 aromatic rings. The molecule has 2 aliphatic carbocycles. The summed E-state index contributed by atoms with van der Waals surface area (Å²) in [5.74, 6) is 0. The summed E-state index contributed by atoms with van der Waals surface area (Å²) in [5.41, 5.74) is 25.3. The SMILES string of the molecule is c1ccc(-c2ccc3c(c2)-c2ccc4c(c2)-c2c(ccc5c6ccccc6n(-c6ccccc6)c25)C42c4ccccc4-c4ccc5c6cc(N(c7ccccc7)c7ccccc7)ccc6n-3c5c42)cc1. The third kappa shape index (κ3) is 4.83. The Labute approximate surface area is 405 Å². The molecule has 4 aliphatic rings. The molecule has 4 heterocycles. The summed E-state index contributed by atoms with van der Waals surface area (Å²) in [6.07, 6.45) is 0. The van der Waals surface area contributed by atoms with Crippen LogP contribution in [-0.4, -0.2) is 9.13 Å². The highest BCUT2D eigenvalue weighted by Crippen LogP contribution is 2.67. The molecule has 2 aromatic heterocycles. The minimum absolute atomic E-state index is 0.614. The molecule has 11 aromatic carbocycles. The average Bonchev–Trinajstić information content (AvgIpc) is 4.14. The van der Waals surface area contributed by atoms with Gasteiger partial charge in [0.1, 0.15) is 0 Å². The molecule has 0 saturated heterocycles. The molecule has 3 heteroatoms. The number of aromatic nitrogens is 2. The normalized spacial score (nSPS) is 14.6. The Hall–Kier alpha value is -9.18. The zero-order chi connectivity index (χ0) is 45.7. The zero-order valence-electron chi connectivity index (χ0n) is 38.0. The Morgan fingerprint density at radius 1 is 0.314 bits per heavy atom. The maximum Gasteiger partial charge on any atom is 0.0747 e. The number of anilines is 3. The van der Waals surface area contributed by atoms with Crippen LogP contribution < -0.4 is 4.90 Å². The largest absolute Gasteiger partial charge is 0.310 e. The second kappa shape index (κ2) is 13.9. The van der Waals surface area contributed by atoms with Gasteiger partial charge in [0.05, 0.1) is 33.2 Å². The number of hydrogen-bond donors (Lipinski definition) is 0. The minimum Gasteiger partial charge on any atom is -0.310 e. The van der Waals surface area contributed by atoms with E-state index in [0.29, 0.717) is 0 Å². The van der Waals surface area contributed by atoms with E-state index in [9.17, 15) is 0 Å². The van der Waals surface area contributed by atoms with E-state index in [2.05, 4.69) is 263 Å². The first-order valence-electron chi connectivity index (χ1n) is 24.3. The van der Waals surface area contributed by atoms with Crippen LogP contribution in [0.2, 0.25) is 0 Å². The van der Waals surface area contributed by atoms with Crippen molar-refractivity contribution in [2.75, 3.05) is 4.90 Å². The summed E-state index contributed by atoms with van der Waals surface area (Å²) < 4.78 is 5.17. The fraction of sp³-hybridized carbons (Fsp3) is 0.0149. The maximum atomic E-state index is 2.63. The van der Waals surface area contributed by atoms with E-state index < -0.39 is 5.41 Å². The second-order valence-electron chi connectivity index (χ2n) is 19.2. The van der Waals surface area contributed by atoms with Gasteiger partial charge in [-0.15, -0.1) is 0 Å². The first kappa shape index (κ1) is 37.9. The monoisotopic (exact) mass is 887 g/mol. The van der Waals surface area contributed by atoms with E-state index >= 15 is 0 Å². The van der Waals surface area contributed by atoms with Crippen molar-refractivity contribution in [2.45, 2.75) is 5.41 Å². The van der Waals surface area contributed by atoms with Gasteiger partial charge in [-0.1, -0.05) is 170 Å². The van der Waals surface area contributed by atoms with Crippen LogP contribution in [-0.2, 0) is 5.41 Å². The molecule has 0 N–H and O–H groups in total. The van der Waals surface area contributed by atoms with Crippen molar-refractivity contribution >= 4 is 60.7 Å². The summed E-state index contributed by atoms with van der Waals surface area (Å²) in [6, 6.07) is 93.1. The molecule has 3 nitrogen and oxygen atoms in total. The molecule has 324 valence electrons. The third-order valence-corrected chi connectivity index (χ3v) is 15.8. The van der Waals surface area contributed by atoms with Crippen LogP contribution in [0.1, 0.15) is 22.3 Å². The molecule has 1 spiro atoms. The molecular formula is C67H41N3. The van der Waals surface area contributed by atoms with E-state index in [1.165, 1.54) is 116 Å². The summed E-state index contributed by atoms with van der Waals surface area (Å²) in [7, 11) is 0. The number of fused-ring (bicyclic) bond motifs is 10. The van der Waals surface area contributed by atoms with E-state index in [4.69, 9.17) is 0 Å². The number of benzene rings is 11. The molecule has 4 bridgehead atoms. The van der Waals surface area contributed by atoms with E-state index in [-0.39, 0.29) is 0 Å². The van der Waals surface area contributed by atoms with Gasteiger partial charge in [0, 0.05) is 61.0 Å². The van der Waals surface area contributed by atoms with Crippen molar-refractivity contribution in [3.05, 3.63) is 271 Å². The first-order chi connectivity index (χ1) is 34.8. The van der Waals surface area contributed by atoms with Crippen LogP contribution in [0.4, 0.5) is 17.1 Å². The number of hydrogen-bond acceptors (Lipinski definition) is 1. The van der Waals surface area contributed by atoms with Gasteiger partial charge in [0.25, 0.3) is 0 Å². The topological polar surface area (TPSA) is 13.1 Å². The smallest absolute Gasteiger partial charge is 0.0747 e. The van der Waals surface area contributed by atoms with Crippen molar-refractivity contribution in [3.63, 3.8) is 0 Å². The van der Waals surface area contributed by atoms with Gasteiger partial charge in [-0.25, -0.2) is 0 Å². The van der Waals surface area contributed by atoms with Crippen molar-refractivity contribution in [1.82, 2.24) is 9.13 Å². The summed E-state index contributed by atoms with van der Waals surface area (Å²) in [5, 5.41) is 4.99. The quantitative estimate of drug-likeness (QED) is 0.168. The molecule has 1 atom stereocenters. The second-order valence-corrected chi connectivity index (χ2v) is 19.2.